The van der Waals surface area contributed by atoms with E-state index in [1.807, 2.05) is 17.0 Å². The molecule has 1 saturated heterocycles. The molecule has 0 spiro atoms. The van der Waals surface area contributed by atoms with Gasteiger partial charge in [0, 0.05) is 24.2 Å². The van der Waals surface area contributed by atoms with Gasteiger partial charge in [0.15, 0.2) is 0 Å². The predicted molar refractivity (Wildman–Crippen MR) is 80.3 cm³/mol. The fourth-order valence-electron chi connectivity index (χ4n) is 2.39. The zero-order valence-electron chi connectivity index (χ0n) is 12.0. The topological polar surface area (TPSA) is 58.6 Å². The van der Waals surface area contributed by atoms with Gasteiger partial charge in [-0.3, -0.25) is 4.79 Å². The molecule has 1 aromatic carbocycles. The van der Waals surface area contributed by atoms with E-state index in [1.165, 1.54) is 7.11 Å². The van der Waals surface area contributed by atoms with Crippen LogP contribution in [0.4, 0.5) is 4.79 Å². The maximum atomic E-state index is 12.2. The van der Waals surface area contributed by atoms with Gasteiger partial charge in [-0.05, 0) is 30.5 Å². The molecule has 6 heteroatoms. The zero-order valence-corrected chi connectivity index (χ0v) is 12.7. The van der Waals surface area contributed by atoms with Gasteiger partial charge in [-0.2, -0.15) is 0 Å². The van der Waals surface area contributed by atoms with Crippen molar-refractivity contribution in [2.24, 2.45) is 0 Å². The molecule has 0 radical (unpaired) electrons. The smallest absolute Gasteiger partial charge is 0.407 e. The molecule has 0 aromatic heterocycles. The number of nitrogens with one attached hydrogen (secondary N) is 1. The van der Waals surface area contributed by atoms with Gasteiger partial charge in [0.05, 0.1) is 13.5 Å². The summed E-state index contributed by atoms with van der Waals surface area (Å²) in [4.78, 5) is 25.2. The molecule has 1 fully saturated rings. The van der Waals surface area contributed by atoms with Crippen LogP contribution >= 0.6 is 11.6 Å². The summed E-state index contributed by atoms with van der Waals surface area (Å²) in [5, 5.41) is 3.44. The molecular weight excluding hydrogens is 292 g/mol. The van der Waals surface area contributed by atoms with Crippen molar-refractivity contribution in [3.63, 3.8) is 0 Å². The van der Waals surface area contributed by atoms with E-state index in [0.717, 1.165) is 18.4 Å². The number of likely N-dealkylation sites (tertiary alicyclic amines) is 1. The Morgan fingerprint density at radius 1 is 1.29 bits per heavy atom. The summed E-state index contributed by atoms with van der Waals surface area (Å²) >= 11 is 5.83. The fourth-order valence-corrected chi connectivity index (χ4v) is 2.51. The first-order valence-electron chi connectivity index (χ1n) is 6.95. The van der Waals surface area contributed by atoms with Gasteiger partial charge in [0.25, 0.3) is 0 Å². The van der Waals surface area contributed by atoms with Gasteiger partial charge < -0.3 is 15.0 Å². The van der Waals surface area contributed by atoms with Gasteiger partial charge >= 0.3 is 6.09 Å². The third kappa shape index (κ3) is 4.63. The van der Waals surface area contributed by atoms with Gasteiger partial charge in [-0.25, -0.2) is 4.79 Å². The Hall–Kier alpha value is -1.75. The maximum absolute atomic E-state index is 12.2. The maximum Gasteiger partial charge on any atom is 0.407 e. The lowest BCUT2D eigenvalue weighted by Gasteiger charge is -2.32. The highest BCUT2D eigenvalue weighted by Crippen LogP contribution is 2.14. The van der Waals surface area contributed by atoms with E-state index in [2.05, 4.69) is 10.1 Å². The number of ether oxygens (including phenoxy) is 1. The lowest BCUT2D eigenvalue weighted by Crippen LogP contribution is -2.46. The number of piperidine rings is 1. The van der Waals surface area contributed by atoms with Crippen molar-refractivity contribution in [3.05, 3.63) is 34.9 Å². The number of amides is 2. The first-order chi connectivity index (χ1) is 10.1. The molecule has 2 amide bonds. The van der Waals surface area contributed by atoms with Crippen molar-refractivity contribution in [2.45, 2.75) is 25.3 Å². The number of hydrogen-bond donors (Lipinski definition) is 1. The van der Waals surface area contributed by atoms with Crippen molar-refractivity contribution >= 4 is 23.6 Å². The molecule has 1 heterocycles. The molecule has 0 atom stereocenters. The number of halogens is 1. The van der Waals surface area contributed by atoms with Crippen LogP contribution in [0.3, 0.4) is 0 Å². The molecule has 1 aliphatic rings. The number of alkyl carbamates (subject to hydrolysis) is 1. The van der Waals surface area contributed by atoms with Crippen molar-refractivity contribution in [1.82, 2.24) is 10.2 Å². The van der Waals surface area contributed by atoms with E-state index in [9.17, 15) is 9.59 Å². The minimum absolute atomic E-state index is 0.0806. The average Bonchev–Trinajstić information content (AvgIpc) is 2.50. The summed E-state index contributed by atoms with van der Waals surface area (Å²) in [6.07, 6.45) is 1.47. The third-order valence-corrected chi connectivity index (χ3v) is 3.88. The summed E-state index contributed by atoms with van der Waals surface area (Å²) in [5.74, 6) is 0.105. The van der Waals surface area contributed by atoms with Gasteiger partial charge in [-0.15, -0.1) is 0 Å². The minimum atomic E-state index is -0.416. The van der Waals surface area contributed by atoms with E-state index in [1.54, 1.807) is 12.1 Å². The van der Waals surface area contributed by atoms with E-state index in [4.69, 9.17) is 11.6 Å². The molecule has 114 valence electrons. The first-order valence-corrected chi connectivity index (χ1v) is 7.33. The molecule has 0 unspecified atom stereocenters. The molecule has 2 rings (SSSR count). The molecule has 1 aromatic rings. The van der Waals surface area contributed by atoms with Crippen molar-refractivity contribution < 1.29 is 14.3 Å². The second-order valence-electron chi connectivity index (χ2n) is 5.09. The standard InChI is InChI=1S/C15H19ClN2O3/c1-21-15(20)17-13-6-8-18(9-7-13)14(19)10-11-2-4-12(16)5-3-11/h2-5,13H,6-10H2,1H3,(H,17,20). The molecule has 1 N–H and O–H groups in total. The van der Waals surface area contributed by atoms with E-state index in [-0.39, 0.29) is 11.9 Å². The van der Waals surface area contributed by atoms with Crippen LogP contribution in [0, 0.1) is 0 Å². The number of carbonyl (C=O) groups excluding carboxylic acids is 2. The largest absolute Gasteiger partial charge is 0.453 e. The van der Waals surface area contributed by atoms with Gasteiger partial charge in [0.2, 0.25) is 5.91 Å². The second-order valence-corrected chi connectivity index (χ2v) is 5.53. The van der Waals surface area contributed by atoms with Crippen molar-refractivity contribution in [2.75, 3.05) is 20.2 Å². The number of benzene rings is 1. The van der Waals surface area contributed by atoms with Crippen molar-refractivity contribution in [3.8, 4) is 0 Å². The summed E-state index contributed by atoms with van der Waals surface area (Å²) in [7, 11) is 1.35. The quantitative estimate of drug-likeness (QED) is 0.931. The summed E-state index contributed by atoms with van der Waals surface area (Å²) in [6, 6.07) is 7.39. The van der Waals surface area contributed by atoms with Gasteiger partial charge in [0.1, 0.15) is 0 Å². The van der Waals surface area contributed by atoms with Crippen LogP contribution in [0.2, 0.25) is 5.02 Å². The lowest BCUT2D eigenvalue weighted by molar-refractivity contribution is -0.131. The number of methoxy groups -OCH3 is 1. The van der Waals surface area contributed by atoms with Crippen LogP contribution < -0.4 is 5.32 Å². The van der Waals surface area contributed by atoms with Crippen LogP contribution in [0.25, 0.3) is 0 Å². The SMILES string of the molecule is COC(=O)NC1CCN(C(=O)Cc2ccc(Cl)cc2)CC1. The van der Waals surface area contributed by atoms with Crippen molar-refractivity contribution in [1.29, 1.82) is 0 Å². The Morgan fingerprint density at radius 2 is 1.90 bits per heavy atom. The summed E-state index contributed by atoms with van der Waals surface area (Å²) < 4.78 is 4.57. The normalized spacial score (nSPS) is 15.6. The summed E-state index contributed by atoms with van der Waals surface area (Å²) in [6.45, 7) is 1.31. The Morgan fingerprint density at radius 3 is 2.48 bits per heavy atom. The average molecular weight is 311 g/mol. The van der Waals surface area contributed by atoms with E-state index in [0.29, 0.717) is 24.5 Å². The number of hydrogen-bond acceptors (Lipinski definition) is 3. The predicted octanol–water partition coefficient (Wildman–Crippen LogP) is 2.23. The monoisotopic (exact) mass is 310 g/mol. The number of nitrogens with zero attached hydrogens (tertiary/aromatic N) is 1. The molecule has 0 saturated carbocycles. The highest BCUT2D eigenvalue weighted by atomic mass is 35.5. The molecule has 21 heavy (non-hydrogen) atoms. The van der Waals surface area contributed by atoms with Crippen LogP contribution in [0.15, 0.2) is 24.3 Å². The first kappa shape index (κ1) is 15.6. The van der Waals surface area contributed by atoms with Crippen LogP contribution in [0.5, 0.6) is 0 Å². The van der Waals surface area contributed by atoms with Crippen LogP contribution in [0.1, 0.15) is 18.4 Å². The highest BCUT2D eigenvalue weighted by molar-refractivity contribution is 6.30. The lowest BCUT2D eigenvalue weighted by atomic mass is 10.0. The molecule has 5 nitrogen and oxygen atoms in total. The zero-order chi connectivity index (χ0) is 15.2. The van der Waals surface area contributed by atoms with E-state index < -0.39 is 6.09 Å². The third-order valence-electron chi connectivity index (χ3n) is 3.62. The van der Waals surface area contributed by atoms with Crippen LogP contribution in [-0.4, -0.2) is 43.1 Å². The Balaban J connectivity index is 1.80. The van der Waals surface area contributed by atoms with Gasteiger partial charge in [-0.1, -0.05) is 23.7 Å². The number of carbonyl (C=O) groups is 2. The fraction of sp³-hybridized carbons (Fsp3) is 0.467. The minimum Gasteiger partial charge on any atom is -0.453 e. The molecular formula is C15H19ClN2O3. The van der Waals surface area contributed by atoms with E-state index >= 15 is 0 Å². The Labute approximate surface area is 129 Å². The molecule has 1 aliphatic heterocycles. The summed E-state index contributed by atoms with van der Waals surface area (Å²) in [5.41, 5.74) is 0.958. The Bertz CT molecular complexity index is 496. The highest BCUT2D eigenvalue weighted by Gasteiger charge is 2.23. The second kappa shape index (κ2) is 7.31. The molecule has 0 aliphatic carbocycles. The Kier molecular flexibility index (Phi) is 5.44. The van der Waals surface area contributed by atoms with Crippen LogP contribution in [-0.2, 0) is 16.0 Å². The molecule has 0 bridgehead atoms. The number of rotatable bonds is 3.